The largest absolute Gasteiger partial charge is 0.480 e. The molecular weight excluding hydrogens is 236 g/mol. The maximum atomic E-state index is 11.9. The molecule has 1 atom stereocenters. The van der Waals surface area contributed by atoms with Gasteiger partial charge in [0.1, 0.15) is 6.54 Å². The summed E-state index contributed by atoms with van der Waals surface area (Å²) in [5.41, 5.74) is 0. The summed E-state index contributed by atoms with van der Waals surface area (Å²) in [6, 6.07) is 0. The molecule has 1 heterocycles. The van der Waals surface area contributed by atoms with Crippen LogP contribution in [0.3, 0.4) is 0 Å². The summed E-state index contributed by atoms with van der Waals surface area (Å²) < 4.78 is 0. The quantitative estimate of drug-likeness (QED) is 0.729. The fourth-order valence-corrected chi connectivity index (χ4v) is 2.29. The van der Waals surface area contributed by atoms with E-state index in [9.17, 15) is 14.4 Å². The second kappa shape index (κ2) is 5.37. The van der Waals surface area contributed by atoms with Crippen molar-refractivity contribution < 1.29 is 19.5 Å². The van der Waals surface area contributed by atoms with Crippen molar-refractivity contribution >= 4 is 17.8 Å². The van der Waals surface area contributed by atoms with Crippen LogP contribution in [0.2, 0.25) is 0 Å². The minimum absolute atomic E-state index is 0.158. The highest BCUT2D eigenvalue weighted by Gasteiger charge is 2.36. The molecule has 2 N–H and O–H groups in total. The van der Waals surface area contributed by atoms with Crippen molar-refractivity contribution in [1.29, 1.82) is 0 Å². The molecule has 2 fully saturated rings. The van der Waals surface area contributed by atoms with Crippen LogP contribution in [-0.4, -0.2) is 47.4 Å². The molecule has 1 aliphatic carbocycles. The van der Waals surface area contributed by atoms with Crippen LogP contribution >= 0.6 is 0 Å². The van der Waals surface area contributed by atoms with Gasteiger partial charge >= 0.3 is 5.97 Å². The topological polar surface area (TPSA) is 86.7 Å². The van der Waals surface area contributed by atoms with Crippen LogP contribution in [0.1, 0.15) is 25.7 Å². The molecule has 1 saturated heterocycles. The Labute approximate surface area is 105 Å². The molecule has 6 nitrogen and oxygen atoms in total. The van der Waals surface area contributed by atoms with E-state index in [0.717, 1.165) is 32.2 Å². The van der Waals surface area contributed by atoms with Crippen molar-refractivity contribution in [2.45, 2.75) is 25.7 Å². The Kier molecular flexibility index (Phi) is 3.84. The normalized spacial score (nSPS) is 23.6. The van der Waals surface area contributed by atoms with Crippen molar-refractivity contribution in [3.05, 3.63) is 0 Å². The van der Waals surface area contributed by atoms with Gasteiger partial charge in [0, 0.05) is 19.0 Å². The predicted octanol–water partition coefficient (Wildman–Crippen LogP) is -0.164. The fourth-order valence-electron chi connectivity index (χ4n) is 2.29. The van der Waals surface area contributed by atoms with Crippen LogP contribution in [-0.2, 0) is 14.4 Å². The lowest BCUT2D eigenvalue weighted by Crippen LogP contribution is -2.46. The van der Waals surface area contributed by atoms with Crippen molar-refractivity contribution in [2.75, 3.05) is 19.6 Å². The second-order valence-corrected chi connectivity index (χ2v) is 5.01. The van der Waals surface area contributed by atoms with Crippen LogP contribution in [0.15, 0.2) is 0 Å². The molecule has 100 valence electrons. The predicted molar refractivity (Wildman–Crippen MR) is 62.7 cm³/mol. The molecule has 6 heteroatoms. The molecule has 1 unspecified atom stereocenters. The van der Waals surface area contributed by atoms with E-state index >= 15 is 0 Å². The lowest BCUT2D eigenvalue weighted by Gasteiger charge is -2.32. The highest BCUT2D eigenvalue weighted by molar-refractivity contribution is 5.85. The first-order valence-electron chi connectivity index (χ1n) is 6.36. The van der Waals surface area contributed by atoms with Gasteiger partial charge in [-0.3, -0.25) is 14.4 Å². The number of aliphatic carboxylic acids is 1. The molecular formula is C12H18N2O4. The maximum absolute atomic E-state index is 11.9. The number of likely N-dealkylation sites (tertiary alicyclic amines) is 1. The molecule has 0 radical (unpaired) electrons. The molecule has 2 aliphatic rings. The highest BCUT2D eigenvalue weighted by atomic mass is 16.4. The van der Waals surface area contributed by atoms with Crippen LogP contribution < -0.4 is 5.32 Å². The maximum Gasteiger partial charge on any atom is 0.322 e. The second-order valence-electron chi connectivity index (χ2n) is 5.01. The Balaban J connectivity index is 1.83. The lowest BCUT2D eigenvalue weighted by molar-refractivity contribution is -0.140. The Bertz CT molecular complexity index is 365. The fraction of sp³-hybridized carbons (Fsp3) is 0.750. The van der Waals surface area contributed by atoms with E-state index in [1.54, 1.807) is 4.90 Å². The van der Waals surface area contributed by atoms with Gasteiger partial charge in [-0.05, 0) is 25.7 Å². The molecule has 0 bridgehead atoms. The summed E-state index contributed by atoms with van der Waals surface area (Å²) >= 11 is 0. The average Bonchev–Trinajstić information content (AvgIpc) is 3.19. The van der Waals surface area contributed by atoms with Gasteiger partial charge in [0.25, 0.3) is 0 Å². The highest BCUT2D eigenvalue weighted by Crippen LogP contribution is 2.32. The molecule has 0 aromatic heterocycles. The monoisotopic (exact) mass is 254 g/mol. The number of rotatable bonds is 4. The number of nitrogens with zero attached hydrogens (tertiary/aromatic N) is 1. The third-order valence-corrected chi connectivity index (χ3v) is 3.44. The van der Waals surface area contributed by atoms with E-state index in [1.165, 1.54) is 0 Å². The minimum atomic E-state index is -1.05. The summed E-state index contributed by atoms with van der Waals surface area (Å²) in [6.07, 6.45) is 3.46. The van der Waals surface area contributed by atoms with E-state index < -0.39 is 5.97 Å². The lowest BCUT2D eigenvalue weighted by atomic mass is 9.96. The van der Waals surface area contributed by atoms with E-state index in [2.05, 4.69) is 5.32 Å². The van der Waals surface area contributed by atoms with E-state index in [-0.39, 0.29) is 30.2 Å². The Morgan fingerprint density at radius 1 is 1.17 bits per heavy atom. The minimum Gasteiger partial charge on any atom is -0.480 e. The van der Waals surface area contributed by atoms with E-state index in [4.69, 9.17) is 5.11 Å². The number of carboxylic acid groups (broad SMARTS) is 1. The number of amides is 2. The van der Waals surface area contributed by atoms with Gasteiger partial charge in [-0.25, -0.2) is 0 Å². The molecule has 0 aromatic carbocycles. The summed E-state index contributed by atoms with van der Waals surface area (Å²) in [5.74, 6) is -1.24. The van der Waals surface area contributed by atoms with Gasteiger partial charge in [-0.1, -0.05) is 0 Å². The van der Waals surface area contributed by atoms with Crippen LogP contribution in [0, 0.1) is 11.8 Å². The van der Waals surface area contributed by atoms with Crippen molar-refractivity contribution in [2.24, 2.45) is 11.8 Å². The first kappa shape index (κ1) is 12.9. The number of carboxylic acids is 1. The molecule has 0 spiro atoms. The molecule has 2 rings (SSSR count). The molecule has 1 aliphatic heterocycles. The molecule has 0 aromatic rings. The van der Waals surface area contributed by atoms with Crippen molar-refractivity contribution in [3.63, 3.8) is 0 Å². The molecule has 18 heavy (non-hydrogen) atoms. The van der Waals surface area contributed by atoms with Crippen molar-refractivity contribution in [3.8, 4) is 0 Å². The van der Waals surface area contributed by atoms with Crippen LogP contribution in [0.4, 0.5) is 0 Å². The van der Waals surface area contributed by atoms with Crippen LogP contribution in [0.25, 0.3) is 0 Å². The standard InChI is InChI=1S/C12H18N2O4/c15-10(16)6-13-11(17)9-2-1-5-14(7-9)12(18)8-3-4-8/h8-9H,1-7H2,(H,13,17)(H,15,16). The summed E-state index contributed by atoms with van der Waals surface area (Å²) in [5, 5.41) is 10.9. The van der Waals surface area contributed by atoms with Gasteiger partial charge in [0.2, 0.25) is 11.8 Å². The zero-order chi connectivity index (χ0) is 13.1. The van der Waals surface area contributed by atoms with Gasteiger partial charge in [0.05, 0.1) is 5.92 Å². The molecule has 1 saturated carbocycles. The van der Waals surface area contributed by atoms with Gasteiger partial charge in [-0.2, -0.15) is 0 Å². The Hall–Kier alpha value is -1.59. The first-order valence-corrected chi connectivity index (χ1v) is 6.36. The third kappa shape index (κ3) is 3.21. The first-order chi connectivity index (χ1) is 8.58. The third-order valence-electron chi connectivity index (χ3n) is 3.44. The van der Waals surface area contributed by atoms with Crippen LogP contribution in [0.5, 0.6) is 0 Å². The smallest absolute Gasteiger partial charge is 0.322 e. The number of piperidine rings is 1. The Morgan fingerprint density at radius 3 is 2.50 bits per heavy atom. The van der Waals surface area contributed by atoms with Crippen molar-refractivity contribution in [1.82, 2.24) is 10.2 Å². The number of nitrogens with one attached hydrogen (secondary N) is 1. The summed E-state index contributed by atoms with van der Waals surface area (Å²) in [6.45, 7) is 0.796. The zero-order valence-corrected chi connectivity index (χ0v) is 10.2. The van der Waals surface area contributed by atoms with E-state index in [1.807, 2.05) is 0 Å². The Morgan fingerprint density at radius 2 is 1.89 bits per heavy atom. The van der Waals surface area contributed by atoms with E-state index in [0.29, 0.717) is 6.54 Å². The number of hydrogen-bond donors (Lipinski definition) is 2. The molecule has 2 amide bonds. The number of carbonyl (C=O) groups is 3. The number of carbonyl (C=O) groups excluding carboxylic acids is 2. The van der Waals surface area contributed by atoms with Gasteiger partial charge < -0.3 is 15.3 Å². The zero-order valence-electron chi connectivity index (χ0n) is 10.2. The van der Waals surface area contributed by atoms with Gasteiger partial charge in [-0.15, -0.1) is 0 Å². The SMILES string of the molecule is O=C(O)CNC(=O)C1CCCN(C(=O)C2CC2)C1. The average molecular weight is 254 g/mol. The summed E-state index contributed by atoms with van der Waals surface area (Å²) in [4.78, 5) is 35.8. The summed E-state index contributed by atoms with van der Waals surface area (Å²) in [7, 11) is 0. The number of hydrogen-bond acceptors (Lipinski definition) is 3. The van der Waals surface area contributed by atoms with Gasteiger partial charge in [0.15, 0.2) is 0 Å².